The molecule has 0 radical (unpaired) electrons. The van der Waals surface area contributed by atoms with Crippen molar-refractivity contribution in [3.8, 4) is 0 Å². The van der Waals surface area contributed by atoms with Gasteiger partial charge in [0.2, 0.25) is 5.91 Å². The molecule has 0 aliphatic heterocycles. The number of thiophene rings is 1. The molecule has 1 amide bonds. The first-order chi connectivity index (χ1) is 14.0. The van der Waals surface area contributed by atoms with Gasteiger partial charge in [-0.15, -0.1) is 11.3 Å². The van der Waals surface area contributed by atoms with Crippen molar-refractivity contribution in [1.82, 2.24) is 19.9 Å². The maximum absolute atomic E-state index is 12.8. The van der Waals surface area contributed by atoms with E-state index in [1.165, 1.54) is 0 Å². The van der Waals surface area contributed by atoms with E-state index in [4.69, 9.17) is 0 Å². The number of benzene rings is 1. The van der Waals surface area contributed by atoms with Gasteiger partial charge in [0.25, 0.3) is 0 Å². The van der Waals surface area contributed by atoms with E-state index >= 15 is 0 Å². The molecule has 4 aromatic rings. The van der Waals surface area contributed by atoms with Crippen LogP contribution in [0.2, 0.25) is 0 Å². The first kappa shape index (κ1) is 19.3. The molecule has 6 heteroatoms. The van der Waals surface area contributed by atoms with Crippen molar-refractivity contribution < 1.29 is 4.79 Å². The largest absolute Gasteiger partial charge is 0.344 e. The predicted octanol–water partition coefficient (Wildman–Crippen LogP) is 4.55. The third kappa shape index (κ3) is 4.07. The quantitative estimate of drug-likeness (QED) is 0.513. The van der Waals surface area contributed by atoms with Crippen LogP contribution in [0.25, 0.3) is 5.65 Å². The lowest BCUT2D eigenvalue weighted by molar-refractivity contribution is -0.121. The highest BCUT2D eigenvalue weighted by atomic mass is 32.1. The van der Waals surface area contributed by atoms with Gasteiger partial charge in [-0.05, 0) is 49.8 Å². The van der Waals surface area contributed by atoms with Gasteiger partial charge in [-0.2, -0.15) is 5.10 Å². The van der Waals surface area contributed by atoms with Crippen LogP contribution in [0.5, 0.6) is 0 Å². The Labute approximate surface area is 174 Å². The third-order valence-electron chi connectivity index (χ3n) is 5.15. The summed E-state index contributed by atoms with van der Waals surface area (Å²) in [6.07, 6.45) is 1.04. The number of carbonyl (C=O) groups excluding carboxylic acids is 1. The number of fused-ring (bicyclic) bond motifs is 1. The van der Waals surface area contributed by atoms with Crippen LogP contribution in [0, 0.1) is 20.8 Å². The Morgan fingerprint density at radius 1 is 1.14 bits per heavy atom. The molecule has 0 saturated carbocycles. The van der Waals surface area contributed by atoms with Crippen molar-refractivity contribution in [3.63, 3.8) is 0 Å². The van der Waals surface area contributed by atoms with E-state index in [1.807, 2.05) is 61.0 Å². The van der Waals surface area contributed by atoms with E-state index in [1.54, 1.807) is 11.3 Å². The zero-order valence-electron chi connectivity index (χ0n) is 16.8. The Morgan fingerprint density at radius 2 is 1.93 bits per heavy atom. The summed E-state index contributed by atoms with van der Waals surface area (Å²) < 4.78 is 1.87. The number of hydrogen-bond donors (Lipinski definition) is 1. The highest BCUT2D eigenvalue weighted by molar-refractivity contribution is 7.10. The van der Waals surface area contributed by atoms with Gasteiger partial charge in [0.1, 0.15) is 0 Å². The number of carbonyl (C=O) groups is 1. The molecule has 4 rings (SSSR count). The molecule has 1 atom stereocenters. The monoisotopic (exact) mass is 404 g/mol. The van der Waals surface area contributed by atoms with Gasteiger partial charge in [-0.3, -0.25) is 4.79 Å². The summed E-state index contributed by atoms with van der Waals surface area (Å²) in [6, 6.07) is 16.0. The fraction of sp³-hybridized carbons (Fsp3) is 0.261. The number of aryl methyl sites for hydroxylation is 3. The molecule has 3 aromatic heterocycles. The molecular formula is C23H24N4OS. The minimum atomic E-state index is -0.125. The standard InChI is InChI=1S/C23H24N4OS/c1-15-14-21-24-16(2)19(17(3)27(21)26-15)11-12-22(28)25-23(20-10-7-13-29-20)18-8-5-4-6-9-18/h4-10,13-14,23H,11-12H2,1-3H3,(H,25,28). The molecule has 1 unspecified atom stereocenters. The summed E-state index contributed by atoms with van der Waals surface area (Å²) >= 11 is 1.65. The van der Waals surface area contributed by atoms with Gasteiger partial charge in [0, 0.05) is 28.8 Å². The number of hydrogen-bond acceptors (Lipinski definition) is 4. The number of nitrogens with one attached hydrogen (secondary N) is 1. The molecule has 1 aromatic carbocycles. The lowest BCUT2D eigenvalue weighted by atomic mass is 10.0. The lowest BCUT2D eigenvalue weighted by Crippen LogP contribution is -2.29. The first-order valence-corrected chi connectivity index (χ1v) is 10.6. The van der Waals surface area contributed by atoms with Gasteiger partial charge in [0.15, 0.2) is 5.65 Å². The molecule has 0 aliphatic rings. The van der Waals surface area contributed by atoms with Gasteiger partial charge in [-0.1, -0.05) is 36.4 Å². The predicted molar refractivity (Wildman–Crippen MR) is 116 cm³/mol. The summed E-state index contributed by atoms with van der Waals surface area (Å²) in [5, 5.41) is 9.77. The SMILES string of the molecule is Cc1cc2nc(C)c(CCC(=O)NC(c3ccccc3)c3cccs3)c(C)n2n1. The molecule has 5 nitrogen and oxygen atoms in total. The smallest absolute Gasteiger partial charge is 0.221 e. The Balaban J connectivity index is 1.51. The van der Waals surface area contributed by atoms with Crippen molar-refractivity contribution in [3.05, 3.63) is 87.0 Å². The van der Waals surface area contributed by atoms with Crippen LogP contribution in [0.3, 0.4) is 0 Å². The number of rotatable bonds is 6. The Hall–Kier alpha value is -2.99. The molecule has 29 heavy (non-hydrogen) atoms. The van der Waals surface area contributed by atoms with Gasteiger partial charge >= 0.3 is 0 Å². The summed E-state index contributed by atoms with van der Waals surface area (Å²) in [5.41, 5.74) is 5.98. The molecule has 0 spiro atoms. The van der Waals surface area contributed by atoms with Gasteiger partial charge < -0.3 is 5.32 Å². The average Bonchev–Trinajstić information content (AvgIpc) is 3.36. The second-order valence-electron chi connectivity index (χ2n) is 7.24. The van der Waals surface area contributed by atoms with E-state index in [2.05, 4.69) is 33.6 Å². The van der Waals surface area contributed by atoms with E-state index in [0.29, 0.717) is 12.8 Å². The van der Waals surface area contributed by atoms with E-state index in [0.717, 1.165) is 38.7 Å². The lowest BCUT2D eigenvalue weighted by Gasteiger charge is -2.18. The van der Waals surface area contributed by atoms with Crippen molar-refractivity contribution in [1.29, 1.82) is 0 Å². The van der Waals surface area contributed by atoms with Crippen LogP contribution in [-0.4, -0.2) is 20.5 Å². The molecule has 0 aliphatic carbocycles. The van der Waals surface area contributed by atoms with Crippen LogP contribution in [0.4, 0.5) is 0 Å². The van der Waals surface area contributed by atoms with Crippen molar-refractivity contribution in [2.24, 2.45) is 0 Å². The molecule has 1 N–H and O–H groups in total. The van der Waals surface area contributed by atoms with Gasteiger partial charge in [0.05, 0.1) is 11.7 Å². The highest BCUT2D eigenvalue weighted by Gasteiger charge is 2.19. The van der Waals surface area contributed by atoms with Crippen LogP contribution in [-0.2, 0) is 11.2 Å². The molecule has 3 heterocycles. The fourth-order valence-corrected chi connectivity index (χ4v) is 4.50. The van der Waals surface area contributed by atoms with Crippen molar-refractivity contribution >= 4 is 22.9 Å². The van der Waals surface area contributed by atoms with Crippen molar-refractivity contribution in [2.75, 3.05) is 0 Å². The second-order valence-corrected chi connectivity index (χ2v) is 8.22. The summed E-state index contributed by atoms with van der Waals surface area (Å²) in [7, 11) is 0. The summed E-state index contributed by atoms with van der Waals surface area (Å²) in [4.78, 5) is 18.6. The minimum absolute atomic E-state index is 0.0304. The molecule has 0 fully saturated rings. The normalized spacial score (nSPS) is 12.2. The van der Waals surface area contributed by atoms with Gasteiger partial charge in [-0.25, -0.2) is 9.50 Å². The molecule has 0 bridgehead atoms. The van der Waals surface area contributed by atoms with Crippen LogP contribution < -0.4 is 5.32 Å². The number of aromatic nitrogens is 3. The Bertz CT molecular complexity index is 1130. The zero-order chi connectivity index (χ0) is 20.4. The molecule has 148 valence electrons. The Morgan fingerprint density at radius 3 is 2.66 bits per heavy atom. The average molecular weight is 405 g/mol. The summed E-state index contributed by atoms with van der Waals surface area (Å²) in [5.74, 6) is 0.0304. The highest BCUT2D eigenvalue weighted by Crippen LogP contribution is 2.26. The fourth-order valence-electron chi connectivity index (χ4n) is 3.69. The minimum Gasteiger partial charge on any atom is -0.344 e. The van der Waals surface area contributed by atoms with E-state index in [9.17, 15) is 4.79 Å². The second kappa shape index (κ2) is 8.17. The van der Waals surface area contributed by atoms with Crippen LogP contribution in [0.1, 0.15) is 45.5 Å². The third-order valence-corrected chi connectivity index (χ3v) is 6.09. The first-order valence-electron chi connectivity index (χ1n) is 9.73. The number of amides is 1. The topological polar surface area (TPSA) is 59.3 Å². The van der Waals surface area contributed by atoms with Crippen molar-refractivity contribution in [2.45, 2.75) is 39.7 Å². The molecule has 0 saturated heterocycles. The summed E-state index contributed by atoms with van der Waals surface area (Å²) in [6.45, 7) is 6.01. The van der Waals surface area contributed by atoms with E-state index in [-0.39, 0.29) is 11.9 Å². The maximum Gasteiger partial charge on any atom is 0.221 e. The van der Waals surface area contributed by atoms with E-state index < -0.39 is 0 Å². The zero-order valence-corrected chi connectivity index (χ0v) is 17.7. The molecular weight excluding hydrogens is 380 g/mol. The maximum atomic E-state index is 12.8. The Kier molecular flexibility index (Phi) is 5.45. The van der Waals surface area contributed by atoms with Crippen LogP contribution >= 0.6 is 11.3 Å². The number of nitrogens with zero attached hydrogens (tertiary/aromatic N) is 3. The van der Waals surface area contributed by atoms with Crippen LogP contribution in [0.15, 0.2) is 53.9 Å².